The van der Waals surface area contributed by atoms with Crippen LogP contribution in [0.3, 0.4) is 0 Å². The lowest BCUT2D eigenvalue weighted by molar-refractivity contribution is 0.143. The van der Waals surface area contributed by atoms with Gasteiger partial charge in [-0.05, 0) is 56.4 Å². The highest BCUT2D eigenvalue weighted by Gasteiger charge is 2.32. The number of hydrogen-bond acceptors (Lipinski definition) is 3. The van der Waals surface area contributed by atoms with Gasteiger partial charge in [0.15, 0.2) is 0 Å². The standard InChI is InChI=1S/C18H26N4.ClH/c1-18(8-9-19-12-18)13-22-10-6-14(7-11-22)17-20-15-4-2-3-5-16(15)21-17;/h2-5,14,19H,6-13H2,1H3,(H,20,21);1H. The summed E-state index contributed by atoms with van der Waals surface area (Å²) in [6.45, 7) is 8.45. The molecule has 0 radical (unpaired) electrons. The molecule has 126 valence electrons. The Morgan fingerprint density at radius 2 is 2.04 bits per heavy atom. The molecule has 3 heterocycles. The van der Waals surface area contributed by atoms with E-state index in [1.54, 1.807) is 0 Å². The third kappa shape index (κ3) is 3.54. The van der Waals surface area contributed by atoms with Gasteiger partial charge in [0.25, 0.3) is 0 Å². The molecule has 23 heavy (non-hydrogen) atoms. The van der Waals surface area contributed by atoms with E-state index in [-0.39, 0.29) is 12.4 Å². The lowest BCUT2D eigenvalue weighted by Crippen LogP contribution is -2.41. The van der Waals surface area contributed by atoms with Gasteiger partial charge in [0.1, 0.15) is 5.82 Å². The second kappa shape index (κ2) is 6.80. The molecular weight excluding hydrogens is 308 g/mol. The van der Waals surface area contributed by atoms with Gasteiger partial charge in [-0.2, -0.15) is 0 Å². The van der Waals surface area contributed by atoms with Gasteiger partial charge in [-0.25, -0.2) is 4.98 Å². The number of imidazole rings is 1. The maximum atomic E-state index is 4.79. The van der Waals surface area contributed by atoms with Crippen molar-refractivity contribution >= 4 is 23.4 Å². The van der Waals surface area contributed by atoms with Crippen LogP contribution in [0.25, 0.3) is 11.0 Å². The highest BCUT2D eigenvalue weighted by molar-refractivity contribution is 5.85. The summed E-state index contributed by atoms with van der Waals surface area (Å²) in [6, 6.07) is 8.35. The molecule has 0 spiro atoms. The second-order valence-corrected chi connectivity index (χ2v) is 7.43. The number of likely N-dealkylation sites (tertiary alicyclic amines) is 1. The lowest BCUT2D eigenvalue weighted by Gasteiger charge is -2.36. The average Bonchev–Trinajstić information content (AvgIpc) is 3.14. The van der Waals surface area contributed by atoms with Crippen molar-refractivity contribution in [3.63, 3.8) is 0 Å². The molecule has 4 nitrogen and oxygen atoms in total. The number of rotatable bonds is 3. The number of piperidine rings is 1. The van der Waals surface area contributed by atoms with Crippen LogP contribution in [-0.4, -0.2) is 47.6 Å². The van der Waals surface area contributed by atoms with Gasteiger partial charge in [0.2, 0.25) is 0 Å². The van der Waals surface area contributed by atoms with Crippen LogP contribution in [0.5, 0.6) is 0 Å². The molecule has 1 aromatic carbocycles. The number of nitrogens with zero attached hydrogens (tertiary/aromatic N) is 2. The average molecular weight is 335 g/mol. The van der Waals surface area contributed by atoms with Crippen molar-refractivity contribution in [1.29, 1.82) is 0 Å². The molecule has 4 rings (SSSR count). The number of aromatic amines is 1. The highest BCUT2D eigenvalue weighted by Crippen LogP contribution is 2.31. The van der Waals surface area contributed by atoms with Crippen LogP contribution in [-0.2, 0) is 0 Å². The van der Waals surface area contributed by atoms with E-state index in [0.29, 0.717) is 11.3 Å². The van der Waals surface area contributed by atoms with Crippen molar-refractivity contribution in [2.75, 3.05) is 32.7 Å². The van der Waals surface area contributed by atoms with Crippen molar-refractivity contribution in [2.45, 2.75) is 32.1 Å². The van der Waals surface area contributed by atoms with E-state index in [1.165, 1.54) is 63.3 Å². The van der Waals surface area contributed by atoms with E-state index >= 15 is 0 Å². The van der Waals surface area contributed by atoms with E-state index in [0.717, 1.165) is 5.52 Å². The largest absolute Gasteiger partial charge is 0.342 e. The van der Waals surface area contributed by atoms with E-state index in [2.05, 4.69) is 46.4 Å². The zero-order chi connectivity index (χ0) is 15.0. The van der Waals surface area contributed by atoms with E-state index in [4.69, 9.17) is 4.98 Å². The minimum Gasteiger partial charge on any atom is -0.342 e. The van der Waals surface area contributed by atoms with Crippen LogP contribution in [0.2, 0.25) is 0 Å². The number of benzene rings is 1. The van der Waals surface area contributed by atoms with Crippen molar-refractivity contribution in [3.8, 4) is 0 Å². The normalized spacial score (nSPS) is 26.5. The summed E-state index contributed by atoms with van der Waals surface area (Å²) < 4.78 is 0. The molecule has 1 unspecified atom stereocenters. The van der Waals surface area contributed by atoms with Crippen LogP contribution in [0.15, 0.2) is 24.3 Å². The van der Waals surface area contributed by atoms with Crippen LogP contribution in [0.4, 0.5) is 0 Å². The van der Waals surface area contributed by atoms with Crippen molar-refractivity contribution in [3.05, 3.63) is 30.1 Å². The summed E-state index contributed by atoms with van der Waals surface area (Å²) in [6.07, 6.45) is 3.77. The molecular formula is C18H27ClN4. The van der Waals surface area contributed by atoms with Crippen LogP contribution in [0.1, 0.15) is 37.9 Å². The third-order valence-corrected chi connectivity index (χ3v) is 5.44. The van der Waals surface area contributed by atoms with Crippen molar-refractivity contribution < 1.29 is 0 Å². The highest BCUT2D eigenvalue weighted by atomic mass is 35.5. The Morgan fingerprint density at radius 3 is 2.74 bits per heavy atom. The van der Waals surface area contributed by atoms with Gasteiger partial charge in [-0.15, -0.1) is 12.4 Å². The smallest absolute Gasteiger partial charge is 0.110 e. The summed E-state index contributed by atoms with van der Waals surface area (Å²) in [7, 11) is 0. The van der Waals surface area contributed by atoms with Crippen LogP contribution in [0, 0.1) is 5.41 Å². The Balaban J connectivity index is 0.00000156. The molecule has 5 heteroatoms. The topological polar surface area (TPSA) is 44.0 Å². The fraction of sp³-hybridized carbons (Fsp3) is 0.611. The number of H-pyrrole nitrogens is 1. The van der Waals surface area contributed by atoms with Crippen molar-refractivity contribution in [2.24, 2.45) is 5.41 Å². The zero-order valence-electron chi connectivity index (χ0n) is 13.8. The summed E-state index contributed by atoms with van der Waals surface area (Å²) in [5.41, 5.74) is 2.75. The van der Waals surface area contributed by atoms with Gasteiger partial charge in [0, 0.05) is 19.0 Å². The Hall–Kier alpha value is -1.10. The summed E-state index contributed by atoms with van der Waals surface area (Å²) in [5.74, 6) is 1.78. The summed E-state index contributed by atoms with van der Waals surface area (Å²) in [4.78, 5) is 11.0. The maximum Gasteiger partial charge on any atom is 0.110 e. The van der Waals surface area contributed by atoms with Gasteiger partial charge >= 0.3 is 0 Å². The molecule has 1 aromatic heterocycles. The van der Waals surface area contributed by atoms with E-state index in [1.807, 2.05) is 0 Å². The fourth-order valence-corrected chi connectivity index (χ4v) is 4.07. The van der Waals surface area contributed by atoms with Gasteiger partial charge < -0.3 is 15.2 Å². The quantitative estimate of drug-likeness (QED) is 0.906. The molecule has 2 N–H and O–H groups in total. The Morgan fingerprint density at radius 1 is 1.26 bits per heavy atom. The molecule has 2 fully saturated rings. The van der Waals surface area contributed by atoms with Gasteiger partial charge in [-0.3, -0.25) is 0 Å². The third-order valence-electron chi connectivity index (χ3n) is 5.44. The molecule has 0 bridgehead atoms. The molecule has 2 aliphatic rings. The predicted octanol–water partition coefficient (Wildman–Crippen LogP) is 3.16. The summed E-state index contributed by atoms with van der Waals surface area (Å²) in [5, 5.41) is 3.51. The molecule has 1 atom stereocenters. The summed E-state index contributed by atoms with van der Waals surface area (Å²) >= 11 is 0. The molecule has 2 aromatic rings. The van der Waals surface area contributed by atoms with E-state index < -0.39 is 0 Å². The fourth-order valence-electron chi connectivity index (χ4n) is 4.07. The first-order valence-electron chi connectivity index (χ1n) is 8.60. The Labute approximate surface area is 144 Å². The van der Waals surface area contributed by atoms with Crippen molar-refractivity contribution in [1.82, 2.24) is 20.2 Å². The number of hydrogen-bond donors (Lipinski definition) is 2. The number of nitrogens with one attached hydrogen (secondary N) is 2. The van der Waals surface area contributed by atoms with Crippen LogP contribution < -0.4 is 5.32 Å². The zero-order valence-corrected chi connectivity index (χ0v) is 14.7. The molecule has 0 saturated carbocycles. The monoisotopic (exact) mass is 334 g/mol. The number of halogens is 1. The Kier molecular flexibility index (Phi) is 4.95. The van der Waals surface area contributed by atoms with E-state index in [9.17, 15) is 0 Å². The Bertz CT molecular complexity index is 606. The minimum atomic E-state index is 0. The van der Waals surface area contributed by atoms with Crippen LogP contribution >= 0.6 is 12.4 Å². The maximum absolute atomic E-state index is 4.79. The predicted molar refractivity (Wildman–Crippen MR) is 97.4 cm³/mol. The molecule has 0 amide bonds. The molecule has 2 aliphatic heterocycles. The minimum absolute atomic E-state index is 0. The second-order valence-electron chi connectivity index (χ2n) is 7.43. The lowest BCUT2D eigenvalue weighted by atomic mass is 9.87. The molecule has 0 aliphatic carbocycles. The first-order valence-corrected chi connectivity index (χ1v) is 8.60. The van der Waals surface area contributed by atoms with Gasteiger partial charge in [0.05, 0.1) is 11.0 Å². The van der Waals surface area contributed by atoms with Gasteiger partial charge in [-0.1, -0.05) is 19.1 Å². The SMILES string of the molecule is CC1(CN2CCC(c3nc4ccccc4[nH]3)CC2)CCNC1.Cl. The first-order chi connectivity index (χ1) is 10.7. The number of aromatic nitrogens is 2. The number of para-hydroxylation sites is 2. The first kappa shape index (κ1) is 16.7. The number of fused-ring (bicyclic) bond motifs is 1. The molecule has 2 saturated heterocycles.